The van der Waals surface area contributed by atoms with E-state index < -0.39 is 70.7 Å². The molecular formula is C54H78N8O8. The maximum atomic E-state index is 14.1. The highest BCUT2D eigenvalue weighted by atomic mass is 16.5. The van der Waals surface area contributed by atoms with Gasteiger partial charge in [-0.25, -0.2) is 0 Å². The Labute approximate surface area is 414 Å². The van der Waals surface area contributed by atoms with E-state index in [1.807, 2.05) is 102 Å². The molecule has 0 unspecified atom stereocenters. The lowest BCUT2D eigenvalue weighted by Crippen LogP contribution is -2.60. The second-order valence-corrected chi connectivity index (χ2v) is 20.9. The van der Waals surface area contributed by atoms with Crippen molar-refractivity contribution in [1.29, 1.82) is 0 Å². The maximum absolute atomic E-state index is 14.1. The predicted octanol–water partition coefficient (Wildman–Crippen LogP) is 4.35. The molecule has 0 aromatic heterocycles. The Bertz CT molecular complexity index is 2120. The molecule has 0 saturated heterocycles. The van der Waals surface area contributed by atoms with Gasteiger partial charge in [0.1, 0.15) is 24.2 Å². The van der Waals surface area contributed by atoms with Crippen molar-refractivity contribution in [2.24, 2.45) is 10.8 Å². The molecular weight excluding hydrogens is 889 g/mol. The van der Waals surface area contributed by atoms with Crippen LogP contribution in [0.5, 0.6) is 0 Å². The number of likely N-dealkylation sites (N-methyl/N-ethyl adjacent to an activating group) is 2. The van der Waals surface area contributed by atoms with E-state index in [-0.39, 0.29) is 50.3 Å². The zero-order valence-electron chi connectivity index (χ0n) is 42.9. The van der Waals surface area contributed by atoms with Gasteiger partial charge < -0.3 is 52.0 Å². The molecule has 8 atom stereocenters. The van der Waals surface area contributed by atoms with Crippen LogP contribution >= 0.6 is 0 Å². The van der Waals surface area contributed by atoms with Crippen molar-refractivity contribution in [3.05, 3.63) is 106 Å². The molecule has 70 heavy (non-hydrogen) atoms. The number of amides is 6. The Kier molecular flexibility index (Phi) is 20.1. The van der Waals surface area contributed by atoms with Gasteiger partial charge in [-0.2, -0.15) is 0 Å². The molecule has 16 nitrogen and oxygen atoms in total. The molecule has 0 spiro atoms. The average Bonchev–Trinajstić information content (AvgIpc) is 3.33. The summed E-state index contributed by atoms with van der Waals surface area (Å²) < 4.78 is 12.4. The average molecular weight is 967 g/mol. The smallest absolute Gasteiger partial charge is 0.245 e. The number of carbonyl (C=O) groups is 6. The summed E-state index contributed by atoms with van der Waals surface area (Å²) >= 11 is 0. The number of rotatable bonds is 22. The zero-order valence-corrected chi connectivity index (χ0v) is 42.9. The van der Waals surface area contributed by atoms with E-state index in [4.69, 9.17) is 9.47 Å². The second-order valence-electron chi connectivity index (χ2n) is 20.9. The Morgan fingerprint density at radius 3 is 1.29 bits per heavy atom. The molecule has 0 heterocycles. The van der Waals surface area contributed by atoms with Crippen molar-refractivity contribution in [3.8, 4) is 0 Å². The lowest BCUT2D eigenvalue weighted by atomic mass is 9.85. The highest BCUT2D eigenvalue weighted by molar-refractivity contribution is 5.94. The van der Waals surface area contributed by atoms with Crippen molar-refractivity contribution < 1.29 is 38.2 Å². The topological polar surface area (TPSA) is 217 Å². The van der Waals surface area contributed by atoms with Crippen LogP contribution in [0.25, 0.3) is 0 Å². The monoisotopic (exact) mass is 967 g/mol. The number of aryl methyl sites for hydroxylation is 2. The zero-order chi connectivity index (χ0) is 51.2. The first-order valence-corrected chi connectivity index (χ1v) is 24.8. The fourth-order valence-electron chi connectivity index (χ4n) is 8.77. The first-order valence-electron chi connectivity index (χ1n) is 24.8. The summed E-state index contributed by atoms with van der Waals surface area (Å²) in [6.07, 6.45) is 5.16. The van der Waals surface area contributed by atoms with Crippen LogP contribution in [0.3, 0.4) is 0 Å². The van der Waals surface area contributed by atoms with Gasteiger partial charge in [0, 0.05) is 0 Å². The normalized spacial score (nSPS) is 18.3. The molecule has 2 aliphatic carbocycles. The first-order chi connectivity index (χ1) is 33.2. The minimum absolute atomic E-state index is 0.0922. The summed E-state index contributed by atoms with van der Waals surface area (Å²) in [4.78, 5) is 82.2. The minimum atomic E-state index is -1.09. The van der Waals surface area contributed by atoms with Crippen molar-refractivity contribution >= 4 is 35.4 Å². The lowest BCUT2D eigenvalue weighted by molar-refractivity contribution is -0.136. The van der Waals surface area contributed by atoms with Gasteiger partial charge in [0.2, 0.25) is 35.4 Å². The summed E-state index contributed by atoms with van der Waals surface area (Å²) in [6, 6.07) is 17.9. The number of fused-ring (bicyclic) bond motifs is 2. The first kappa shape index (κ1) is 55.2. The molecule has 0 saturated carbocycles. The van der Waals surface area contributed by atoms with Crippen LogP contribution < -0.4 is 42.5 Å². The van der Waals surface area contributed by atoms with Gasteiger partial charge >= 0.3 is 0 Å². The number of benzene rings is 3. The number of ether oxygens (including phenoxy) is 2. The highest BCUT2D eigenvalue weighted by Gasteiger charge is 2.38. The Morgan fingerprint density at radius 2 is 0.914 bits per heavy atom. The molecule has 0 bridgehead atoms. The third-order valence-electron chi connectivity index (χ3n) is 13.2. The highest BCUT2D eigenvalue weighted by Crippen LogP contribution is 2.31. The van der Waals surface area contributed by atoms with E-state index in [1.165, 1.54) is 11.1 Å². The van der Waals surface area contributed by atoms with Gasteiger partial charge in [0.05, 0.1) is 50.6 Å². The van der Waals surface area contributed by atoms with E-state index in [0.717, 1.165) is 60.8 Å². The third-order valence-corrected chi connectivity index (χ3v) is 13.2. The minimum Gasteiger partial charge on any atom is -0.374 e. The predicted molar refractivity (Wildman–Crippen MR) is 270 cm³/mol. The van der Waals surface area contributed by atoms with Crippen LogP contribution in [0.1, 0.15) is 127 Å². The van der Waals surface area contributed by atoms with E-state index in [2.05, 4.69) is 54.7 Å². The molecule has 8 N–H and O–H groups in total. The molecule has 3 aromatic carbocycles. The molecule has 382 valence electrons. The number of nitrogens with one attached hydrogen (secondary N) is 8. The van der Waals surface area contributed by atoms with E-state index in [9.17, 15) is 28.8 Å². The van der Waals surface area contributed by atoms with Crippen LogP contribution in [0.4, 0.5) is 0 Å². The lowest BCUT2D eigenvalue weighted by Gasteiger charge is -2.33. The van der Waals surface area contributed by atoms with Gasteiger partial charge in [-0.15, -0.1) is 0 Å². The SMILES string of the molecule is CN[C@@H](C)C(=O)N[C@H](C(=O)N[C@@H](COCc1cccc(COC[C@H](NC(=O)[C@@H](NC(=O)[C@H](C)NC)C(C)(C)C)C(=O)N[C@@H]2CCCc3ccccc32)c1)C(=O)N[C@@H]1CCCc2ccccc21)C(C)(C)C. The van der Waals surface area contributed by atoms with Crippen LogP contribution in [0, 0.1) is 10.8 Å². The summed E-state index contributed by atoms with van der Waals surface area (Å²) in [7, 11) is 3.33. The van der Waals surface area contributed by atoms with Gasteiger partial charge in [-0.05, 0) is 111 Å². The Morgan fingerprint density at radius 1 is 0.529 bits per heavy atom. The fraction of sp³-hybridized carbons (Fsp3) is 0.556. The number of hydrogen-bond donors (Lipinski definition) is 8. The van der Waals surface area contributed by atoms with Crippen LogP contribution in [-0.4, -0.2) is 99.0 Å². The molecule has 5 rings (SSSR count). The molecule has 0 radical (unpaired) electrons. The third kappa shape index (κ3) is 15.7. The Hall–Kier alpha value is -5.68. The Balaban J connectivity index is 1.28. The van der Waals surface area contributed by atoms with Crippen molar-refractivity contribution in [2.45, 2.75) is 155 Å². The molecule has 2 aliphatic rings. The van der Waals surface area contributed by atoms with Gasteiger partial charge in [0.15, 0.2) is 0 Å². The summed E-state index contributed by atoms with van der Waals surface area (Å²) in [5.41, 5.74) is 4.63. The maximum Gasteiger partial charge on any atom is 0.245 e. The van der Waals surface area contributed by atoms with Crippen molar-refractivity contribution in [2.75, 3.05) is 27.3 Å². The summed E-state index contributed by atoms with van der Waals surface area (Å²) in [6.45, 7) is 14.4. The van der Waals surface area contributed by atoms with Crippen LogP contribution in [-0.2, 0) is 64.3 Å². The van der Waals surface area contributed by atoms with E-state index in [1.54, 1.807) is 27.9 Å². The van der Waals surface area contributed by atoms with Crippen molar-refractivity contribution in [3.63, 3.8) is 0 Å². The largest absolute Gasteiger partial charge is 0.374 e. The van der Waals surface area contributed by atoms with E-state index in [0.29, 0.717) is 0 Å². The second kappa shape index (κ2) is 25.4. The molecule has 6 amide bonds. The van der Waals surface area contributed by atoms with E-state index >= 15 is 0 Å². The van der Waals surface area contributed by atoms with Gasteiger partial charge in [-0.1, -0.05) is 114 Å². The fourth-order valence-corrected chi connectivity index (χ4v) is 8.77. The quantitative estimate of drug-likeness (QED) is 0.0713. The number of carbonyl (C=O) groups excluding carboxylic acids is 6. The molecule has 0 aliphatic heterocycles. The van der Waals surface area contributed by atoms with Gasteiger partial charge in [0.25, 0.3) is 0 Å². The number of hydrogen-bond acceptors (Lipinski definition) is 10. The van der Waals surface area contributed by atoms with Crippen LogP contribution in [0.2, 0.25) is 0 Å². The molecule has 3 aromatic rings. The van der Waals surface area contributed by atoms with Crippen molar-refractivity contribution in [1.82, 2.24) is 42.5 Å². The summed E-state index contributed by atoms with van der Waals surface area (Å²) in [5, 5.41) is 23.7. The van der Waals surface area contributed by atoms with Gasteiger partial charge in [-0.3, -0.25) is 28.8 Å². The van der Waals surface area contributed by atoms with Crippen LogP contribution in [0.15, 0.2) is 72.8 Å². The summed E-state index contributed by atoms with van der Waals surface area (Å²) in [5.74, 6) is -2.51. The molecule has 0 fully saturated rings. The standard InChI is InChI=1S/C54H78N8O8/c1-33(55-9)47(63)61-45(53(3,4)5)51(67)59-43(49(65)57-41-26-16-22-37-20-11-13-24-39(37)41)31-69-29-35-18-15-19-36(28-35)30-70-32-44(50(66)58-42-27-17-23-38-21-12-14-25-40(38)42)60-52(68)46(54(6,7)8)62-48(64)34(2)56-10/h11-15,18-21,24-25,28,33-34,41-46,55-56H,16-17,22-23,26-27,29-32H2,1-10H3,(H,57,65)(H,58,66)(H,59,67)(H,60,68)(H,61,63)(H,62,64)/t33-,34-,41+,42+,43-,44-,45+,46+/m0/s1. The molecule has 16 heteroatoms.